The van der Waals surface area contributed by atoms with Gasteiger partial charge in [0.2, 0.25) is 0 Å². The van der Waals surface area contributed by atoms with E-state index in [4.69, 9.17) is 0 Å². The van der Waals surface area contributed by atoms with Crippen LogP contribution in [-0.4, -0.2) is 26.7 Å². The summed E-state index contributed by atoms with van der Waals surface area (Å²) >= 11 is 1.85. The Bertz CT molecular complexity index is 315. The molecule has 0 radical (unpaired) electrons. The Hall–Kier alpha value is -0.540. The first-order valence-electron chi connectivity index (χ1n) is 6.23. The van der Waals surface area contributed by atoms with Gasteiger partial charge in [0, 0.05) is 13.6 Å². The Morgan fingerprint density at radius 2 is 2.44 bits per heavy atom. The van der Waals surface area contributed by atoms with E-state index in [1.807, 2.05) is 11.3 Å². The Kier molecular flexibility index (Phi) is 4.24. The normalized spacial score (nSPS) is 21.0. The van der Waals surface area contributed by atoms with E-state index in [9.17, 15) is 0 Å². The van der Waals surface area contributed by atoms with Crippen molar-refractivity contribution in [2.45, 2.75) is 26.2 Å². The molecule has 2 rings (SSSR count). The first-order valence-corrected chi connectivity index (χ1v) is 7.11. The summed E-state index contributed by atoms with van der Waals surface area (Å²) in [6.07, 6.45) is 4.08. The third kappa shape index (κ3) is 2.98. The minimum absolute atomic E-state index is 0.886. The summed E-state index contributed by atoms with van der Waals surface area (Å²) in [4.78, 5) is 2.41. The van der Waals surface area contributed by atoms with E-state index in [1.165, 1.54) is 49.5 Å². The first kappa shape index (κ1) is 11.9. The maximum Gasteiger partial charge on any atom is 0.0935 e. The third-order valence-electron chi connectivity index (χ3n) is 3.45. The maximum absolute atomic E-state index is 3.49. The number of aryl methyl sites for hydroxylation is 1. The fourth-order valence-corrected chi connectivity index (χ4v) is 3.33. The SMILES string of the molecule is Cc1ccsc1N(C)CCC1CCCNC1. The minimum Gasteiger partial charge on any atom is -0.366 e. The van der Waals surface area contributed by atoms with Crippen LogP contribution in [-0.2, 0) is 0 Å². The molecule has 1 N–H and O–H groups in total. The van der Waals surface area contributed by atoms with Crippen molar-refractivity contribution in [3.05, 3.63) is 17.0 Å². The maximum atomic E-state index is 3.49. The molecule has 3 heteroatoms. The van der Waals surface area contributed by atoms with Crippen LogP contribution in [0.15, 0.2) is 11.4 Å². The van der Waals surface area contributed by atoms with Crippen LogP contribution in [0.25, 0.3) is 0 Å². The van der Waals surface area contributed by atoms with Gasteiger partial charge >= 0.3 is 0 Å². The van der Waals surface area contributed by atoms with Crippen molar-refractivity contribution >= 4 is 16.3 Å². The summed E-state index contributed by atoms with van der Waals surface area (Å²) in [5.74, 6) is 0.886. The Labute approximate surface area is 103 Å². The molecule has 1 fully saturated rings. The number of hydrogen-bond donors (Lipinski definition) is 1. The zero-order chi connectivity index (χ0) is 11.4. The van der Waals surface area contributed by atoms with Gasteiger partial charge in [-0.25, -0.2) is 0 Å². The zero-order valence-corrected chi connectivity index (χ0v) is 11.1. The fraction of sp³-hybridized carbons (Fsp3) is 0.692. The minimum atomic E-state index is 0.886. The number of nitrogens with one attached hydrogen (secondary N) is 1. The zero-order valence-electron chi connectivity index (χ0n) is 10.3. The second-order valence-electron chi connectivity index (χ2n) is 4.83. The molecule has 0 bridgehead atoms. The van der Waals surface area contributed by atoms with Crippen LogP contribution in [0.5, 0.6) is 0 Å². The van der Waals surface area contributed by atoms with Crippen LogP contribution in [0.3, 0.4) is 0 Å². The molecular formula is C13H22N2S. The average Bonchev–Trinajstić information content (AvgIpc) is 2.74. The number of piperidine rings is 1. The fourth-order valence-electron chi connectivity index (χ4n) is 2.40. The lowest BCUT2D eigenvalue weighted by Gasteiger charge is -2.26. The van der Waals surface area contributed by atoms with Crippen LogP contribution in [0.4, 0.5) is 5.00 Å². The average molecular weight is 238 g/mol. The molecule has 0 spiro atoms. The van der Waals surface area contributed by atoms with Crippen molar-refractivity contribution < 1.29 is 0 Å². The van der Waals surface area contributed by atoms with E-state index < -0.39 is 0 Å². The highest BCUT2D eigenvalue weighted by atomic mass is 32.1. The van der Waals surface area contributed by atoms with Gasteiger partial charge in [0.15, 0.2) is 0 Å². The van der Waals surface area contributed by atoms with Gasteiger partial charge in [-0.1, -0.05) is 0 Å². The van der Waals surface area contributed by atoms with E-state index >= 15 is 0 Å². The molecule has 0 aromatic carbocycles. The monoisotopic (exact) mass is 238 g/mol. The molecule has 0 saturated carbocycles. The lowest BCUT2D eigenvalue weighted by molar-refractivity contribution is 0.360. The highest BCUT2D eigenvalue weighted by molar-refractivity contribution is 7.14. The molecule has 1 saturated heterocycles. The van der Waals surface area contributed by atoms with E-state index in [0.29, 0.717) is 0 Å². The molecule has 1 unspecified atom stereocenters. The van der Waals surface area contributed by atoms with Crippen molar-refractivity contribution in [1.29, 1.82) is 0 Å². The van der Waals surface area contributed by atoms with Gasteiger partial charge in [0.1, 0.15) is 0 Å². The molecule has 1 atom stereocenters. The quantitative estimate of drug-likeness (QED) is 0.867. The summed E-state index contributed by atoms with van der Waals surface area (Å²) in [6, 6.07) is 2.21. The first-order chi connectivity index (χ1) is 7.77. The van der Waals surface area contributed by atoms with Crippen LogP contribution in [0.2, 0.25) is 0 Å². The van der Waals surface area contributed by atoms with E-state index in [2.05, 4.69) is 35.6 Å². The number of anilines is 1. The molecular weight excluding hydrogens is 216 g/mol. The van der Waals surface area contributed by atoms with Gasteiger partial charge in [-0.2, -0.15) is 0 Å². The summed E-state index contributed by atoms with van der Waals surface area (Å²) in [5, 5.41) is 7.11. The second kappa shape index (κ2) is 5.69. The Morgan fingerprint density at radius 1 is 1.56 bits per heavy atom. The summed E-state index contributed by atoms with van der Waals surface area (Å²) < 4.78 is 0. The molecule has 2 nitrogen and oxygen atoms in total. The van der Waals surface area contributed by atoms with Gasteiger partial charge in [-0.15, -0.1) is 11.3 Å². The van der Waals surface area contributed by atoms with Crippen LogP contribution >= 0.6 is 11.3 Å². The summed E-state index contributed by atoms with van der Waals surface area (Å²) in [5.41, 5.74) is 1.41. The van der Waals surface area contributed by atoms with Gasteiger partial charge < -0.3 is 10.2 Å². The molecule has 1 aromatic rings. The van der Waals surface area contributed by atoms with Crippen molar-refractivity contribution in [2.24, 2.45) is 5.92 Å². The van der Waals surface area contributed by atoms with Gasteiger partial charge in [-0.05, 0) is 62.2 Å². The lowest BCUT2D eigenvalue weighted by Crippen LogP contribution is -2.32. The van der Waals surface area contributed by atoms with Gasteiger partial charge in [0.25, 0.3) is 0 Å². The van der Waals surface area contributed by atoms with Crippen molar-refractivity contribution in [3.63, 3.8) is 0 Å². The van der Waals surface area contributed by atoms with Crippen LogP contribution in [0.1, 0.15) is 24.8 Å². The predicted octanol–water partition coefficient (Wildman–Crippen LogP) is 2.88. The summed E-state index contributed by atoms with van der Waals surface area (Å²) in [6.45, 7) is 5.83. The van der Waals surface area contributed by atoms with E-state index in [1.54, 1.807) is 0 Å². The third-order valence-corrected chi connectivity index (χ3v) is 4.58. The number of thiophene rings is 1. The molecule has 90 valence electrons. The van der Waals surface area contributed by atoms with Crippen molar-refractivity contribution in [1.82, 2.24) is 5.32 Å². The molecule has 0 aliphatic carbocycles. The number of hydrogen-bond acceptors (Lipinski definition) is 3. The van der Waals surface area contributed by atoms with Gasteiger partial charge in [0.05, 0.1) is 5.00 Å². The topological polar surface area (TPSA) is 15.3 Å². The van der Waals surface area contributed by atoms with E-state index in [-0.39, 0.29) is 0 Å². The van der Waals surface area contributed by atoms with E-state index in [0.717, 1.165) is 5.92 Å². The van der Waals surface area contributed by atoms with Gasteiger partial charge in [-0.3, -0.25) is 0 Å². The molecule has 16 heavy (non-hydrogen) atoms. The second-order valence-corrected chi connectivity index (χ2v) is 5.73. The molecule has 1 aromatic heterocycles. The van der Waals surface area contributed by atoms with Crippen molar-refractivity contribution in [3.8, 4) is 0 Å². The smallest absolute Gasteiger partial charge is 0.0935 e. The molecule has 1 aliphatic heterocycles. The molecule has 1 aliphatic rings. The van der Waals surface area contributed by atoms with Crippen LogP contribution in [0, 0.1) is 12.8 Å². The number of rotatable bonds is 4. The highest BCUT2D eigenvalue weighted by Crippen LogP contribution is 2.26. The Morgan fingerprint density at radius 3 is 3.06 bits per heavy atom. The molecule has 2 heterocycles. The standard InChI is InChI=1S/C13H22N2S/c1-11-6-9-16-13(11)15(2)8-5-12-4-3-7-14-10-12/h6,9,12,14H,3-5,7-8,10H2,1-2H3. The predicted molar refractivity (Wildman–Crippen MR) is 72.5 cm³/mol. The molecule has 0 amide bonds. The Balaban J connectivity index is 1.79. The number of nitrogens with zero attached hydrogens (tertiary/aromatic N) is 1. The summed E-state index contributed by atoms with van der Waals surface area (Å²) in [7, 11) is 2.22. The van der Waals surface area contributed by atoms with Crippen LogP contribution < -0.4 is 10.2 Å². The lowest BCUT2D eigenvalue weighted by atomic mass is 9.96. The van der Waals surface area contributed by atoms with Crippen molar-refractivity contribution in [2.75, 3.05) is 31.6 Å². The largest absolute Gasteiger partial charge is 0.366 e. The highest BCUT2D eigenvalue weighted by Gasteiger charge is 2.14.